The second-order valence-corrected chi connectivity index (χ2v) is 9.89. The van der Waals surface area contributed by atoms with Gasteiger partial charge in [0.2, 0.25) is 0 Å². The van der Waals surface area contributed by atoms with Crippen LogP contribution in [0.3, 0.4) is 0 Å². The highest BCUT2D eigenvalue weighted by atomic mass is 16.7. The lowest BCUT2D eigenvalue weighted by Crippen LogP contribution is -2.59. The van der Waals surface area contributed by atoms with Crippen LogP contribution in [0, 0.1) is 0 Å². The molecule has 0 aliphatic carbocycles. The van der Waals surface area contributed by atoms with Crippen molar-refractivity contribution in [2.45, 2.75) is 101 Å². The molecule has 0 aromatic rings. The minimum absolute atomic E-state index is 0.183. The Morgan fingerprint density at radius 1 is 0.875 bits per heavy atom. The molecule has 2 rings (SSSR count). The highest BCUT2D eigenvalue weighted by molar-refractivity contribution is 5.82. The molecule has 10 heteroatoms. The Kier molecular flexibility index (Phi) is 15.9. The first kappa shape index (κ1) is 33.8. The van der Waals surface area contributed by atoms with Crippen molar-refractivity contribution >= 4 is 5.97 Å². The molecule has 6 N–H and O–H groups in total. The number of hydrogen-bond donors (Lipinski definition) is 6. The third kappa shape index (κ3) is 12.8. The van der Waals surface area contributed by atoms with E-state index in [-0.39, 0.29) is 12.5 Å². The van der Waals surface area contributed by atoms with E-state index in [1.165, 1.54) is 6.08 Å². The van der Waals surface area contributed by atoms with Crippen LogP contribution < -0.4 is 0 Å². The first-order valence-electron chi connectivity index (χ1n) is 13.7. The van der Waals surface area contributed by atoms with Crippen molar-refractivity contribution in [1.82, 2.24) is 0 Å². The second-order valence-electron chi connectivity index (χ2n) is 9.89. The molecule has 2 aliphatic rings. The Hall–Kier alpha value is -2.41. The van der Waals surface area contributed by atoms with Crippen molar-refractivity contribution in [2.75, 3.05) is 6.61 Å². The van der Waals surface area contributed by atoms with Crippen LogP contribution in [0.15, 0.2) is 72.9 Å². The molecule has 0 radical (unpaired) electrons. The summed E-state index contributed by atoms with van der Waals surface area (Å²) in [6, 6.07) is 0. The molecule has 10 nitrogen and oxygen atoms in total. The largest absolute Gasteiger partial charge is 0.460 e. The van der Waals surface area contributed by atoms with Crippen LogP contribution in [0.5, 0.6) is 0 Å². The summed E-state index contributed by atoms with van der Waals surface area (Å²) in [7, 11) is 0. The normalized spacial score (nSPS) is 40.6. The summed E-state index contributed by atoms with van der Waals surface area (Å²) < 4.78 is 16.7. The zero-order chi connectivity index (χ0) is 29.3. The van der Waals surface area contributed by atoms with Gasteiger partial charge in [-0.2, -0.15) is 0 Å². The van der Waals surface area contributed by atoms with E-state index >= 15 is 0 Å². The van der Waals surface area contributed by atoms with E-state index in [9.17, 15) is 35.4 Å². The maximum atomic E-state index is 12.1. The van der Waals surface area contributed by atoms with Crippen molar-refractivity contribution in [1.29, 1.82) is 0 Å². The Morgan fingerprint density at radius 3 is 2.35 bits per heavy atom. The van der Waals surface area contributed by atoms with Gasteiger partial charge < -0.3 is 44.8 Å². The van der Waals surface area contributed by atoms with Gasteiger partial charge in [-0.15, -0.1) is 0 Å². The number of aliphatic hydroxyl groups excluding tert-OH is 6. The third-order valence-corrected chi connectivity index (χ3v) is 6.38. The average molecular weight is 565 g/mol. The summed E-state index contributed by atoms with van der Waals surface area (Å²) in [6.45, 7) is 1.26. The van der Waals surface area contributed by atoms with Crippen molar-refractivity contribution in [2.24, 2.45) is 0 Å². The van der Waals surface area contributed by atoms with E-state index in [1.807, 2.05) is 19.1 Å². The Balaban J connectivity index is 2.12. The van der Waals surface area contributed by atoms with E-state index < -0.39 is 61.6 Å². The predicted molar refractivity (Wildman–Crippen MR) is 149 cm³/mol. The molecular weight excluding hydrogens is 520 g/mol. The van der Waals surface area contributed by atoms with Crippen molar-refractivity contribution < 1.29 is 49.6 Å². The van der Waals surface area contributed by atoms with Gasteiger partial charge in [0.15, 0.2) is 6.29 Å². The number of carbonyl (C=O) groups excluding carboxylic acids is 1. The number of allylic oxidation sites excluding steroid dienone is 7. The molecule has 2 aliphatic heterocycles. The summed E-state index contributed by atoms with van der Waals surface area (Å²) >= 11 is 0. The Labute approximate surface area is 235 Å². The fourth-order valence-electron chi connectivity index (χ4n) is 4.10. The van der Waals surface area contributed by atoms with Crippen LogP contribution in [0.4, 0.5) is 0 Å². The summed E-state index contributed by atoms with van der Waals surface area (Å²) in [5.41, 5.74) is 0. The minimum atomic E-state index is -1.57. The number of hydrogen-bond acceptors (Lipinski definition) is 10. The zero-order valence-electron chi connectivity index (χ0n) is 22.9. The molecule has 2 heterocycles. The lowest BCUT2D eigenvalue weighted by Gasteiger charge is -2.40. The highest BCUT2D eigenvalue weighted by Crippen LogP contribution is 2.24. The van der Waals surface area contributed by atoms with Crippen LogP contribution in [-0.4, -0.2) is 98.3 Å². The molecule has 0 aromatic heterocycles. The van der Waals surface area contributed by atoms with Crippen molar-refractivity contribution in [3.8, 4) is 0 Å². The predicted octanol–water partition coefficient (Wildman–Crippen LogP) is 1.52. The molecule has 0 amide bonds. The first-order valence-corrected chi connectivity index (χ1v) is 13.7. The molecular formula is C30H44O10. The SMILES string of the molecule is C[C@@H]1CCC/C=C\C=C/[C@H](O)C[C@@H](O)C/C=C\C=C/[C@@H](O[C@@H]2O[C@H](CO)[C@@H](O)[C@H](O)[C@H]2O)C/C=C\C=C/C(=O)O1. The van der Waals surface area contributed by atoms with Gasteiger partial charge in [-0.1, -0.05) is 66.8 Å². The molecule has 0 bridgehead atoms. The number of aliphatic hydroxyl groups is 6. The van der Waals surface area contributed by atoms with Gasteiger partial charge in [-0.25, -0.2) is 4.79 Å². The maximum Gasteiger partial charge on any atom is 0.331 e. The summed E-state index contributed by atoms with van der Waals surface area (Å²) in [5, 5.41) is 60.2. The number of esters is 1. The number of ether oxygens (including phenoxy) is 3. The van der Waals surface area contributed by atoms with Gasteiger partial charge >= 0.3 is 5.97 Å². The van der Waals surface area contributed by atoms with Gasteiger partial charge in [-0.3, -0.25) is 0 Å². The van der Waals surface area contributed by atoms with Crippen LogP contribution >= 0.6 is 0 Å². The molecule has 0 aromatic carbocycles. The van der Waals surface area contributed by atoms with Crippen molar-refractivity contribution in [3.05, 3.63) is 72.9 Å². The summed E-state index contributed by atoms with van der Waals surface area (Å²) in [4.78, 5) is 12.1. The molecule has 224 valence electrons. The fourth-order valence-corrected chi connectivity index (χ4v) is 4.10. The van der Waals surface area contributed by atoms with Crippen LogP contribution in [0.25, 0.3) is 0 Å². The first-order chi connectivity index (χ1) is 19.2. The van der Waals surface area contributed by atoms with Crippen LogP contribution in [0.1, 0.15) is 45.4 Å². The van der Waals surface area contributed by atoms with Gasteiger partial charge in [-0.05, 0) is 39.0 Å². The molecule has 9 atom stereocenters. The second kappa shape index (κ2) is 18.8. The van der Waals surface area contributed by atoms with E-state index in [4.69, 9.17) is 14.2 Å². The number of cyclic esters (lactones) is 1. The number of carbonyl (C=O) groups is 1. The van der Waals surface area contributed by atoms with E-state index in [0.717, 1.165) is 12.8 Å². The smallest absolute Gasteiger partial charge is 0.331 e. The third-order valence-electron chi connectivity index (χ3n) is 6.38. The Bertz CT molecular complexity index is 906. The van der Waals surface area contributed by atoms with E-state index in [2.05, 4.69) is 0 Å². The van der Waals surface area contributed by atoms with E-state index in [0.29, 0.717) is 19.3 Å². The summed E-state index contributed by atoms with van der Waals surface area (Å²) in [6.07, 6.45) is 13.9. The molecule has 40 heavy (non-hydrogen) atoms. The lowest BCUT2D eigenvalue weighted by molar-refractivity contribution is -0.307. The maximum absolute atomic E-state index is 12.1. The minimum Gasteiger partial charge on any atom is -0.460 e. The fraction of sp³-hybridized carbons (Fsp3) is 0.567. The lowest BCUT2D eigenvalue weighted by atomic mass is 9.99. The molecule has 0 unspecified atom stereocenters. The standard InChI is InChI=1S/C30H44O10/c1-21-13-7-3-2-4-8-14-22(32)19-23(33)15-9-5-10-16-24(17-11-6-12-18-26(34)38-21)39-30-29(37)28(36)27(35)25(20-31)40-30/h2,4-6,8-12,14,16,18,21-25,27-33,35-37H,3,7,13,15,17,19-20H2,1H3/b4-2-,9-5-,11-6-,14-8-,16-10-,18-12-/t21-,22+,23+,24-,25-,27-,28+,29-,30-/m1/s1. The van der Waals surface area contributed by atoms with Gasteiger partial charge in [0.1, 0.15) is 24.4 Å². The quantitative estimate of drug-likeness (QED) is 0.277. The molecule has 1 saturated heterocycles. The van der Waals surface area contributed by atoms with E-state index in [1.54, 1.807) is 54.7 Å². The van der Waals surface area contributed by atoms with Crippen LogP contribution in [0.2, 0.25) is 0 Å². The van der Waals surface area contributed by atoms with Crippen LogP contribution in [-0.2, 0) is 19.0 Å². The molecule has 0 spiro atoms. The molecule has 1 fully saturated rings. The zero-order valence-corrected chi connectivity index (χ0v) is 22.9. The van der Waals surface area contributed by atoms with Gasteiger partial charge in [0.25, 0.3) is 0 Å². The monoisotopic (exact) mass is 564 g/mol. The van der Waals surface area contributed by atoms with Gasteiger partial charge in [0.05, 0.1) is 31.0 Å². The van der Waals surface area contributed by atoms with Gasteiger partial charge in [0, 0.05) is 12.5 Å². The molecule has 0 saturated carbocycles. The topological polar surface area (TPSA) is 166 Å². The number of rotatable bonds is 3. The highest BCUT2D eigenvalue weighted by Gasteiger charge is 2.44. The van der Waals surface area contributed by atoms with Crippen molar-refractivity contribution in [3.63, 3.8) is 0 Å². The summed E-state index contributed by atoms with van der Waals surface area (Å²) in [5.74, 6) is -0.458. The average Bonchev–Trinajstić information content (AvgIpc) is 2.91. The Morgan fingerprint density at radius 2 is 1.57 bits per heavy atom.